The Kier molecular flexibility index (Phi) is 3.13. The minimum Gasteiger partial charge on any atom is -0.476 e. The van der Waals surface area contributed by atoms with Gasteiger partial charge in [0.1, 0.15) is 6.61 Å². The Morgan fingerprint density at radius 2 is 2.00 bits per heavy atom. The van der Waals surface area contributed by atoms with Gasteiger partial charge in [-0.25, -0.2) is 13.4 Å². The third-order valence-corrected chi connectivity index (χ3v) is 3.80. The number of sulfonamides is 1. The standard InChI is InChI=1S/C9H9ClN2O3S/c10-12-16(13,14)8-3-1-7(2-4-8)9-11-5-6-15-9/h1-4,12H,5-6H2. The van der Waals surface area contributed by atoms with Crippen LogP contribution in [0.15, 0.2) is 34.2 Å². The van der Waals surface area contributed by atoms with Crippen LogP contribution in [0.3, 0.4) is 0 Å². The van der Waals surface area contributed by atoms with E-state index in [0.29, 0.717) is 19.0 Å². The maximum atomic E-state index is 11.3. The maximum absolute atomic E-state index is 11.3. The average molecular weight is 261 g/mol. The molecule has 1 aromatic rings. The quantitative estimate of drug-likeness (QED) is 0.821. The molecule has 86 valence electrons. The lowest BCUT2D eigenvalue weighted by Gasteiger charge is -2.03. The molecule has 0 unspecified atom stereocenters. The highest BCUT2D eigenvalue weighted by atomic mass is 35.5. The molecule has 5 nitrogen and oxygen atoms in total. The van der Waals surface area contributed by atoms with Crippen LogP contribution in [0.2, 0.25) is 0 Å². The van der Waals surface area contributed by atoms with E-state index < -0.39 is 10.0 Å². The first-order chi connectivity index (χ1) is 7.63. The summed E-state index contributed by atoms with van der Waals surface area (Å²) in [5, 5.41) is 0. The summed E-state index contributed by atoms with van der Waals surface area (Å²) in [6.45, 7) is 1.21. The average Bonchev–Trinajstić information content (AvgIpc) is 2.83. The normalized spacial score (nSPS) is 15.7. The summed E-state index contributed by atoms with van der Waals surface area (Å²) >= 11 is 5.11. The molecule has 1 aliphatic heterocycles. The van der Waals surface area contributed by atoms with E-state index in [-0.39, 0.29) is 4.90 Å². The van der Waals surface area contributed by atoms with Crippen LogP contribution in [0.1, 0.15) is 5.56 Å². The van der Waals surface area contributed by atoms with Gasteiger partial charge in [-0.3, -0.25) is 0 Å². The molecule has 16 heavy (non-hydrogen) atoms. The van der Waals surface area contributed by atoms with E-state index in [1.807, 2.05) is 0 Å². The van der Waals surface area contributed by atoms with Crippen molar-refractivity contribution in [1.82, 2.24) is 4.24 Å². The van der Waals surface area contributed by atoms with Gasteiger partial charge in [0.15, 0.2) is 0 Å². The molecule has 0 aromatic heterocycles. The van der Waals surface area contributed by atoms with Gasteiger partial charge in [0.05, 0.1) is 11.4 Å². The molecule has 0 spiro atoms. The van der Waals surface area contributed by atoms with E-state index in [1.54, 1.807) is 16.4 Å². The van der Waals surface area contributed by atoms with Gasteiger partial charge in [-0.05, 0) is 36.0 Å². The number of ether oxygens (including phenoxy) is 1. The van der Waals surface area contributed by atoms with Crippen LogP contribution < -0.4 is 4.24 Å². The van der Waals surface area contributed by atoms with Crippen LogP contribution in [0.25, 0.3) is 0 Å². The molecule has 1 N–H and O–H groups in total. The summed E-state index contributed by atoms with van der Waals surface area (Å²) in [7, 11) is -3.60. The number of nitrogens with zero attached hydrogens (tertiary/aromatic N) is 1. The van der Waals surface area contributed by atoms with Gasteiger partial charge < -0.3 is 4.74 Å². The number of hydrogen-bond acceptors (Lipinski definition) is 4. The van der Waals surface area contributed by atoms with Crippen molar-refractivity contribution < 1.29 is 13.2 Å². The van der Waals surface area contributed by atoms with Crippen LogP contribution in [-0.4, -0.2) is 27.5 Å². The third kappa shape index (κ3) is 2.18. The first-order valence-corrected chi connectivity index (χ1v) is 6.40. The van der Waals surface area contributed by atoms with Crippen molar-refractivity contribution in [3.8, 4) is 0 Å². The fourth-order valence-electron chi connectivity index (χ4n) is 1.33. The minimum atomic E-state index is -3.60. The van der Waals surface area contributed by atoms with Crippen molar-refractivity contribution in [2.45, 2.75) is 4.90 Å². The first-order valence-electron chi connectivity index (χ1n) is 4.53. The largest absolute Gasteiger partial charge is 0.476 e. The molecule has 0 atom stereocenters. The smallest absolute Gasteiger partial charge is 0.253 e. The monoisotopic (exact) mass is 260 g/mol. The summed E-state index contributed by atoms with van der Waals surface area (Å²) in [4.78, 5) is 4.22. The SMILES string of the molecule is O=S(=O)(NCl)c1ccc(C2=NCCO2)cc1. The number of hydrogen-bond donors (Lipinski definition) is 1. The van der Waals surface area contributed by atoms with E-state index in [1.165, 1.54) is 12.1 Å². The lowest BCUT2D eigenvalue weighted by atomic mass is 10.2. The Morgan fingerprint density at radius 3 is 2.50 bits per heavy atom. The van der Waals surface area contributed by atoms with Crippen LogP contribution in [0.4, 0.5) is 0 Å². The Morgan fingerprint density at radius 1 is 1.31 bits per heavy atom. The highest BCUT2D eigenvalue weighted by molar-refractivity contribution is 7.90. The molecular weight excluding hydrogens is 252 g/mol. The number of rotatable bonds is 3. The summed E-state index contributed by atoms with van der Waals surface area (Å²) in [6, 6.07) is 6.16. The van der Waals surface area contributed by atoms with E-state index in [4.69, 9.17) is 16.5 Å². The van der Waals surface area contributed by atoms with Crippen LogP contribution in [0.5, 0.6) is 0 Å². The van der Waals surface area contributed by atoms with E-state index in [2.05, 4.69) is 4.99 Å². The molecule has 0 saturated heterocycles. The van der Waals surface area contributed by atoms with Gasteiger partial charge in [0.2, 0.25) is 5.90 Å². The Balaban J connectivity index is 2.29. The summed E-state index contributed by atoms with van der Waals surface area (Å²) in [5.74, 6) is 0.544. The van der Waals surface area contributed by atoms with E-state index in [9.17, 15) is 8.42 Å². The van der Waals surface area contributed by atoms with Crippen molar-refractivity contribution in [2.24, 2.45) is 4.99 Å². The number of nitrogens with one attached hydrogen (secondary N) is 1. The second-order valence-electron chi connectivity index (χ2n) is 3.14. The zero-order valence-corrected chi connectivity index (χ0v) is 9.75. The maximum Gasteiger partial charge on any atom is 0.253 e. The Bertz CT molecular complexity index is 510. The predicted octanol–water partition coefficient (Wildman–Crippen LogP) is 0.896. The first kappa shape index (κ1) is 11.4. The molecule has 1 heterocycles. The highest BCUT2D eigenvalue weighted by Crippen LogP contribution is 2.13. The van der Waals surface area contributed by atoms with Crippen LogP contribution >= 0.6 is 11.8 Å². The van der Waals surface area contributed by atoms with Crippen molar-refractivity contribution >= 4 is 27.7 Å². The molecule has 0 bridgehead atoms. The summed E-state index contributed by atoms with van der Waals surface area (Å²) in [6.07, 6.45) is 0. The lowest BCUT2D eigenvalue weighted by Crippen LogP contribution is -2.13. The molecule has 7 heteroatoms. The molecule has 2 rings (SSSR count). The van der Waals surface area contributed by atoms with Crippen LogP contribution in [-0.2, 0) is 14.8 Å². The lowest BCUT2D eigenvalue weighted by molar-refractivity contribution is 0.348. The molecule has 1 aliphatic rings. The molecular formula is C9H9ClN2O3S. The second kappa shape index (κ2) is 4.40. The number of halogens is 1. The minimum absolute atomic E-state index is 0.102. The molecule has 0 amide bonds. The van der Waals surface area contributed by atoms with Crippen molar-refractivity contribution in [3.63, 3.8) is 0 Å². The molecule has 1 aromatic carbocycles. The van der Waals surface area contributed by atoms with Crippen molar-refractivity contribution in [3.05, 3.63) is 29.8 Å². The number of aliphatic imine (C=N–C) groups is 1. The van der Waals surface area contributed by atoms with Crippen molar-refractivity contribution in [2.75, 3.05) is 13.2 Å². The summed E-state index contributed by atoms with van der Waals surface area (Å²) < 4.78 is 29.6. The zero-order chi connectivity index (χ0) is 11.6. The molecule has 0 aliphatic carbocycles. The summed E-state index contributed by atoms with van der Waals surface area (Å²) in [5.41, 5.74) is 0.756. The van der Waals surface area contributed by atoms with E-state index in [0.717, 1.165) is 5.56 Å². The predicted molar refractivity (Wildman–Crippen MR) is 60.0 cm³/mol. The number of benzene rings is 1. The van der Waals surface area contributed by atoms with Gasteiger partial charge in [-0.1, -0.05) is 0 Å². The molecule has 0 radical (unpaired) electrons. The molecule has 0 saturated carbocycles. The topological polar surface area (TPSA) is 67.8 Å². The fourth-order valence-corrected chi connectivity index (χ4v) is 2.18. The van der Waals surface area contributed by atoms with Gasteiger partial charge in [-0.15, -0.1) is 4.24 Å². The fraction of sp³-hybridized carbons (Fsp3) is 0.222. The Labute approximate surface area is 98.3 Å². The molecule has 0 fully saturated rings. The Hall–Kier alpha value is -1.11. The highest BCUT2D eigenvalue weighted by Gasteiger charge is 2.14. The van der Waals surface area contributed by atoms with Gasteiger partial charge in [-0.2, -0.15) is 0 Å². The third-order valence-electron chi connectivity index (χ3n) is 2.10. The van der Waals surface area contributed by atoms with E-state index >= 15 is 0 Å². The second-order valence-corrected chi connectivity index (χ2v) is 5.24. The zero-order valence-electron chi connectivity index (χ0n) is 8.18. The van der Waals surface area contributed by atoms with Gasteiger partial charge >= 0.3 is 0 Å². The van der Waals surface area contributed by atoms with Crippen molar-refractivity contribution in [1.29, 1.82) is 0 Å². The van der Waals surface area contributed by atoms with Gasteiger partial charge in [0.25, 0.3) is 10.0 Å². The van der Waals surface area contributed by atoms with Gasteiger partial charge in [0, 0.05) is 5.56 Å². The van der Waals surface area contributed by atoms with Crippen LogP contribution in [0, 0.1) is 0 Å².